The van der Waals surface area contributed by atoms with Crippen LogP contribution in [-0.2, 0) is 0 Å². The Hall–Kier alpha value is -1.44. The van der Waals surface area contributed by atoms with E-state index in [9.17, 15) is 0 Å². The molecule has 1 saturated heterocycles. The molecule has 2 aromatic heterocycles. The molecule has 2 atom stereocenters. The van der Waals surface area contributed by atoms with Gasteiger partial charge in [0, 0.05) is 24.0 Å². The van der Waals surface area contributed by atoms with Crippen molar-refractivity contribution in [2.45, 2.75) is 19.9 Å². The number of aromatic nitrogens is 2. The normalized spacial score (nSPS) is 22.5. The van der Waals surface area contributed by atoms with E-state index in [0.29, 0.717) is 17.9 Å². The van der Waals surface area contributed by atoms with Crippen molar-refractivity contribution in [3.8, 4) is 0 Å². The minimum Gasteiger partial charge on any atom is -0.354 e. The van der Waals surface area contributed by atoms with Crippen molar-refractivity contribution in [3.63, 3.8) is 0 Å². The number of likely N-dealkylation sites (N-methyl/N-ethyl adjacent to an activating group) is 1. The van der Waals surface area contributed by atoms with Crippen molar-refractivity contribution in [3.05, 3.63) is 10.9 Å². The quantitative estimate of drug-likeness (QED) is 0.664. The molecule has 0 amide bonds. The van der Waals surface area contributed by atoms with Crippen molar-refractivity contribution in [2.75, 3.05) is 37.5 Å². The number of hydrogen-bond donors (Lipinski definition) is 2. The molecule has 0 aliphatic carbocycles. The lowest BCUT2D eigenvalue weighted by Crippen LogP contribution is -2.34. The Morgan fingerprint density at radius 1 is 1.38 bits per heavy atom. The SMILES string of the molecule is Cc1cc2c(N3CC(C)C(N(C)C)C3)nc(NN)nc2s1. The molecular weight excluding hydrogens is 284 g/mol. The van der Waals surface area contributed by atoms with Gasteiger partial charge in [0.05, 0.1) is 5.39 Å². The lowest BCUT2D eigenvalue weighted by molar-refractivity contribution is 0.266. The summed E-state index contributed by atoms with van der Waals surface area (Å²) in [5.41, 5.74) is 2.58. The van der Waals surface area contributed by atoms with Gasteiger partial charge in [0.2, 0.25) is 5.95 Å². The van der Waals surface area contributed by atoms with Crippen molar-refractivity contribution in [1.29, 1.82) is 0 Å². The molecule has 1 aliphatic rings. The largest absolute Gasteiger partial charge is 0.354 e. The molecule has 21 heavy (non-hydrogen) atoms. The zero-order chi connectivity index (χ0) is 15.1. The first-order chi connectivity index (χ1) is 9.99. The summed E-state index contributed by atoms with van der Waals surface area (Å²) in [6.07, 6.45) is 0. The third kappa shape index (κ3) is 2.56. The highest BCUT2D eigenvalue weighted by atomic mass is 32.1. The summed E-state index contributed by atoms with van der Waals surface area (Å²) < 4.78 is 0. The predicted octanol–water partition coefficient (Wildman–Crippen LogP) is 1.67. The summed E-state index contributed by atoms with van der Waals surface area (Å²) >= 11 is 1.68. The van der Waals surface area contributed by atoms with Gasteiger partial charge in [-0.15, -0.1) is 11.3 Å². The number of fused-ring (bicyclic) bond motifs is 1. The molecule has 2 aromatic rings. The second kappa shape index (κ2) is 5.40. The van der Waals surface area contributed by atoms with E-state index < -0.39 is 0 Å². The Morgan fingerprint density at radius 3 is 2.76 bits per heavy atom. The van der Waals surface area contributed by atoms with E-state index in [1.807, 2.05) is 0 Å². The van der Waals surface area contributed by atoms with Crippen LogP contribution in [0.1, 0.15) is 11.8 Å². The van der Waals surface area contributed by atoms with E-state index in [1.165, 1.54) is 4.88 Å². The number of hydrogen-bond acceptors (Lipinski definition) is 7. The molecule has 0 radical (unpaired) electrons. The van der Waals surface area contributed by atoms with Crippen LogP contribution < -0.4 is 16.2 Å². The van der Waals surface area contributed by atoms with Crippen LogP contribution in [0.3, 0.4) is 0 Å². The second-order valence-corrected chi connectivity index (χ2v) is 7.24. The average molecular weight is 306 g/mol. The van der Waals surface area contributed by atoms with Crippen LogP contribution >= 0.6 is 11.3 Å². The number of nitrogens with two attached hydrogens (primary N) is 1. The maximum atomic E-state index is 5.52. The Kier molecular flexibility index (Phi) is 3.73. The molecule has 0 aromatic carbocycles. The minimum absolute atomic E-state index is 0.486. The summed E-state index contributed by atoms with van der Waals surface area (Å²) in [6, 6.07) is 2.72. The fourth-order valence-corrected chi connectivity index (χ4v) is 4.00. The Balaban J connectivity index is 2.03. The molecule has 114 valence electrons. The monoisotopic (exact) mass is 306 g/mol. The first-order valence-corrected chi connectivity index (χ1v) is 7.97. The molecule has 6 nitrogen and oxygen atoms in total. The molecule has 1 aliphatic heterocycles. The van der Waals surface area contributed by atoms with Gasteiger partial charge >= 0.3 is 0 Å². The van der Waals surface area contributed by atoms with Crippen LogP contribution in [-0.4, -0.2) is 48.1 Å². The second-order valence-electron chi connectivity index (χ2n) is 6.00. The van der Waals surface area contributed by atoms with Crippen LogP contribution in [0.25, 0.3) is 10.2 Å². The molecule has 0 saturated carbocycles. The third-order valence-corrected chi connectivity index (χ3v) is 5.10. The first-order valence-electron chi connectivity index (χ1n) is 7.15. The lowest BCUT2D eigenvalue weighted by atomic mass is 10.1. The van der Waals surface area contributed by atoms with E-state index in [-0.39, 0.29) is 0 Å². The average Bonchev–Trinajstić information content (AvgIpc) is 2.99. The first kappa shape index (κ1) is 14.5. The van der Waals surface area contributed by atoms with E-state index in [2.05, 4.69) is 59.2 Å². The zero-order valence-electron chi connectivity index (χ0n) is 12.9. The number of nitrogens with zero attached hydrogens (tertiary/aromatic N) is 4. The van der Waals surface area contributed by atoms with Crippen LogP contribution in [0.2, 0.25) is 0 Å². The summed E-state index contributed by atoms with van der Waals surface area (Å²) in [4.78, 5) is 15.9. The number of nitrogens with one attached hydrogen (secondary N) is 1. The van der Waals surface area contributed by atoms with Crippen molar-refractivity contribution in [1.82, 2.24) is 14.9 Å². The summed E-state index contributed by atoms with van der Waals surface area (Å²) in [5.74, 6) is 7.61. The zero-order valence-corrected chi connectivity index (χ0v) is 13.7. The molecular formula is C14H22N6S. The maximum Gasteiger partial charge on any atom is 0.240 e. The van der Waals surface area contributed by atoms with Crippen LogP contribution in [0, 0.1) is 12.8 Å². The highest BCUT2D eigenvalue weighted by Crippen LogP contribution is 2.34. The van der Waals surface area contributed by atoms with Gasteiger partial charge in [-0.3, -0.25) is 5.43 Å². The van der Waals surface area contributed by atoms with Gasteiger partial charge in [-0.25, -0.2) is 10.8 Å². The van der Waals surface area contributed by atoms with Gasteiger partial charge in [-0.05, 0) is 33.0 Å². The van der Waals surface area contributed by atoms with Crippen molar-refractivity contribution < 1.29 is 0 Å². The highest BCUT2D eigenvalue weighted by Gasteiger charge is 2.33. The number of rotatable bonds is 3. The molecule has 3 rings (SSSR count). The van der Waals surface area contributed by atoms with E-state index >= 15 is 0 Å². The van der Waals surface area contributed by atoms with E-state index in [0.717, 1.165) is 29.1 Å². The fraction of sp³-hybridized carbons (Fsp3) is 0.571. The van der Waals surface area contributed by atoms with E-state index in [4.69, 9.17) is 5.84 Å². The molecule has 7 heteroatoms. The molecule has 1 fully saturated rings. The van der Waals surface area contributed by atoms with Gasteiger partial charge in [0.25, 0.3) is 0 Å². The Labute approximate surface area is 128 Å². The molecule has 3 N–H and O–H groups in total. The van der Waals surface area contributed by atoms with E-state index in [1.54, 1.807) is 11.3 Å². The highest BCUT2D eigenvalue weighted by molar-refractivity contribution is 7.18. The van der Waals surface area contributed by atoms with Crippen molar-refractivity contribution in [2.24, 2.45) is 11.8 Å². The smallest absolute Gasteiger partial charge is 0.240 e. The van der Waals surface area contributed by atoms with Crippen molar-refractivity contribution >= 4 is 33.3 Å². The molecule has 3 heterocycles. The maximum absolute atomic E-state index is 5.52. The molecule has 2 unspecified atom stereocenters. The number of thiophene rings is 1. The number of anilines is 2. The van der Waals surface area contributed by atoms with Gasteiger partial charge in [0.1, 0.15) is 10.6 Å². The van der Waals surface area contributed by atoms with Gasteiger partial charge in [0.15, 0.2) is 0 Å². The Bertz CT molecular complexity index is 652. The van der Waals surface area contributed by atoms with Crippen LogP contribution in [0.5, 0.6) is 0 Å². The lowest BCUT2D eigenvalue weighted by Gasteiger charge is -2.23. The fourth-order valence-electron chi connectivity index (χ4n) is 3.13. The van der Waals surface area contributed by atoms with Gasteiger partial charge in [-0.1, -0.05) is 6.92 Å². The summed E-state index contributed by atoms with van der Waals surface area (Å²) in [5, 5.41) is 1.13. The topological polar surface area (TPSA) is 70.3 Å². The minimum atomic E-state index is 0.486. The number of aryl methyl sites for hydroxylation is 1. The number of hydrazine groups is 1. The predicted molar refractivity (Wildman–Crippen MR) is 88.8 cm³/mol. The van der Waals surface area contributed by atoms with Gasteiger partial charge in [-0.2, -0.15) is 4.98 Å². The summed E-state index contributed by atoms with van der Waals surface area (Å²) in [6.45, 7) is 6.39. The van der Waals surface area contributed by atoms with Crippen LogP contribution in [0.15, 0.2) is 6.07 Å². The molecule has 0 bridgehead atoms. The number of nitrogen functional groups attached to an aromatic ring is 1. The third-order valence-electron chi connectivity index (χ3n) is 4.16. The van der Waals surface area contributed by atoms with Crippen LogP contribution in [0.4, 0.5) is 11.8 Å². The van der Waals surface area contributed by atoms with Gasteiger partial charge < -0.3 is 9.80 Å². The molecule has 0 spiro atoms. The summed E-state index contributed by atoms with van der Waals surface area (Å²) in [7, 11) is 4.28. The standard InChI is InChI=1S/C14H22N6S/c1-8-6-20(7-11(8)19(3)4)12-10-5-9(2)21-13(10)17-14(16-12)18-15/h5,8,11H,6-7,15H2,1-4H3,(H,16,17,18). The Morgan fingerprint density at radius 2 is 2.14 bits per heavy atom.